The van der Waals surface area contributed by atoms with E-state index >= 15 is 0 Å². The van der Waals surface area contributed by atoms with Gasteiger partial charge >= 0.3 is 23.9 Å². The Labute approximate surface area is 138 Å². The number of cyclic esters (lactones) is 1. The fraction of sp³-hybridized carbons (Fsp3) is 0.467. The van der Waals surface area contributed by atoms with Crippen molar-refractivity contribution in [2.24, 2.45) is 0 Å². The summed E-state index contributed by atoms with van der Waals surface area (Å²) in [5.74, 6) is -3.82. The molecule has 9 nitrogen and oxygen atoms in total. The first-order valence-electron chi connectivity index (χ1n) is 6.83. The molecule has 1 aliphatic heterocycles. The van der Waals surface area contributed by atoms with Gasteiger partial charge in [-0.3, -0.25) is 0 Å². The molecule has 0 radical (unpaired) electrons. The van der Waals surface area contributed by atoms with Crippen molar-refractivity contribution in [1.82, 2.24) is 5.32 Å². The third-order valence-corrected chi connectivity index (χ3v) is 3.01. The first kappa shape index (κ1) is 19.2. The van der Waals surface area contributed by atoms with Crippen molar-refractivity contribution in [2.45, 2.75) is 19.4 Å². The molecule has 1 rings (SSSR count). The molecule has 1 aliphatic rings. The highest BCUT2D eigenvalue weighted by molar-refractivity contribution is 6.14. The van der Waals surface area contributed by atoms with Crippen molar-refractivity contribution in [3.63, 3.8) is 0 Å². The number of rotatable bonds is 4. The second-order valence-corrected chi connectivity index (χ2v) is 5.40. The molecule has 0 saturated carbocycles. The number of carbonyl (C=O) groups excluding carboxylic acids is 4. The van der Waals surface area contributed by atoms with Crippen LogP contribution in [0.4, 0.5) is 0 Å². The Morgan fingerprint density at radius 1 is 1.08 bits per heavy atom. The average molecular weight is 341 g/mol. The van der Waals surface area contributed by atoms with Crippen molar-refractivity contribution >= 4 is 23.9 Å². The van der Waals surface area contributed by atoms with Gasteiger partial charge in [-0.2, -0.15) is 0 Å². The van der Waals surface area contributed by atoms with Gasteiger partial charge in [0, 0.05) is 6.08 Å². The van der Waals surface area contributed by atoms with Crippen LogP contribution in [0.3, 0.4) is 0 Å². The number of morpholine rings is 1. The Morgan fingerprint density at radius 2 is 1.67 bits per heavy atom. The molecule has 1 N–H and O–H groups in total. The highest BCUT2D eigenvalue weighted by atomic mass is 16.5. The molecule has 0 aromatic rings. The maximum Gasteiger partial charge on any atom is 0.355 e. The normalized spacial score (nSPS) is 18.7. The van der Waals surface area contributed by atoms with E-state index in [1.54, 1.807) is 13.8 Å². The molecule has 0 aliphatic carbocycles. The van der Waals surface area contributed by atoms with Crippen molar-refractivity contribution in [3.8, 4) is 0 Å². The third-order valence-electron chi connectivity index (χ3n) is 3.01. The van der Waals surface area contributed by atoms with E-state index in [0.717, 1.165) is 27.4 Å². The molecule has 24 heavy (non-hydrogen) atoms. The van der Waals surface area contributed by atoms with Crippen LogP contribution >= 0.6 is 0 Å². The first-order valence-corrected chi connectivity index (χ1v) is 6.83. The molecule has 1 heterocycles. The Balaban J connectivity index is 3.63. The number of hydrogen-bond donors (Lipinski definition) is 1. The minimum atomic E-state index is -1.02. The zero-order valence-electron chi connectivity index (χ0n) is 14.1. The molecule has 0 atom stereocenters. The zero-order chi connectivity index (χ0) is 18.5. The Hall–Kier alpha value is -2.84. The number of ether oxygens (including phenoxy) is 4. The summed E-state index contributed by atoms with van der Waals surface area (Å²) >= 11 is 0. The van der Waals surface area contributed by atoms with Crippen LogP contribution in [-0.2, 0) is 38.1 Å². The van der Waals surface area contributed by atoms with Crippen LogP contribution in [0.25, 0.3) is 0 Å². The number of methoxy groups -OCH3 is 3. The topological polar surface area (TPSA) is 117 Å². The van der Waals surface area contributed by atoms with Gasteiger partial charge in [0.1, 0.15) is 17.9 Å². The average Bonchev–Trinajstić information content (AvgIpc) is 2.55. The Bertz CT molecular complexity index is 629. The monoisotopic (exact) mass is 341 g/mol. The fourth-order valence-electron chi connectivity index (χ4n) is 1.88. The Morgan fingerprint density at radius 3 is 2.17 bits per heavy atom. The second-order valence-electron chi connectivity index (χ2n) is 5.40. The maximum atomic E-state index is 12.2. The van der Waals surface area contributed by atoms with Gasteiger partial charge in [-0.1, -0.05) is 0 Å². The van der Waals surface area contributed by atoms with Gasteiger partial charge in [-0.15, -0.1) is 0 Å². The Kier molecular flexibility index (Phi) is 6.10. The fourth-order valence-corrected chi connectivity index (χ4v) is 1.88. The molecule has 1 saturated heterocycles. The van der Waals surface area contributed by atoms with E-state index in [2.05, 4.69) is 19.5 Å². The maximum absolute atomic E-state index is 12.2. The summed E-state index contributed by atoms with van der Waals surface area (Å²) < 4.78 is 18.7. The molecule has 0 bridgehead atoms. The highest BCUT2D eigenvalue weighted by Gasteiger charge is 2.37. The number of carbonyl (C=O) groups is 4. The van der Waals surface area contributed by atoms with E-state index in [1.165, 1.54) is 0 Å². The summed E-state index contributed by atoms with van der Waals surface area (Å²) in [5, 5.41) is 2.81. The van der Waals surface area contributed by atoms with Gasteiger partial charge in [0.2, 0.25) is 0 Å². The molecule has 0 spiro atoms. The number of nitrogens with one attached hydrogen (secondary N) is 1. The minimum absolute atomic E-state index is 0.0536. The van der Waals surface area contributed by atoms with Gasteiger partial charge in [0.05, 0.1) is 32.4 Å². The molecule has 132 valence electrons. The zero-order valence-corrected chi connectivity index (χ0v) is 14.1. The third kappa shape index (κ3) is 4.34. The number of hydrogen-bond acceptors (Lipinski definition) is 9. The molecule has 0 unspecified atom stereocenters. The predicted octanol–water partition coefficient (Wildman–Crippen LogP) is -0.389. The van der Waals surface area contributed by atoms with Gasteiger partial charge in [-0.05, 0) is 13.8 Å². The van der Waals surface area contributed by atoms with Crippen LogP contribution in [0.1, 0.15) is 13.8 Å². The van der Waals surface area contributed by atoms with Gasteiger partial charge in [0.15, 0.2) is 0 Å². The van der Waals surface area contributed by atoms with Crippen LogP contribution < -0.4 is 5.32 Å². The summed E-state index contributed by atoms with van der Waals surface area (Å²) in [6.07, 6.45) is 0.738. The van der Waals surface area contributed by atoms with Crippen LogP contribution in [0.5, 0.6) is 0 Å². The largest absolute Gasteiger partial charge is 0.466 e. The molecule has 0 aromatic carbocycles. The SMILES string of the molecule is COC(=O)/C=C(C(=O)OC)\C(C(=O)OC)=C1\NC(C)(C)COC1=O. The first-order chi connectivity index (χ1) is 11.2. The standard InChI is InChI=1S/C15H19NO8/c1-15(2)7-24-14(20)11(16-15)10(13(19)23-5)8(12(18)22-4)6-9(17)21-3/h6,16H,7H2,1-5H3/b8-6+,11-10-. The second kappa shape index (κ2) is 7.62. The van der Waals surface area contributed by atoms with Crippen LogP contribution in [0.2, 0.25) is 0 Å². The molecule has 0 aromatic heterocycles. The van der Waals surface area contributed by atoms with E-state index < -0.39 is 40.6 Å². The summed E-state index contributed by atoms with van der Waals surface area (Å²) in [6, 6.07) is 0. The van der Waals surface area contributed by atoms with Crippen LogP contribution in [0.15, 0.2) is 22.9 Å². The highest BCUT2D eigenvalue weighted by Crippen LogP contribution is 2.23. The summed E-state index contributed by atoms with van der Waals surface area (Å²) in [6.45, 7) is 3.49. The lowest BCUT2D eigenvalue weighted by Crippen LogP contribution is -2.51. The van der Waals surface area contributed by atoms with Crippen molar-refractivity contribution in [3.05, 3.63) is 22.9 Å². The lowest BCUT2D eigenvalue weighted by Gasteiger charge is -2.33. The van der Waals surface area contributed by atoms with E-state index in [1.807, 2.05) is 0 Å². The molecular formula is C15H19NO8. The van der Waals surface area contributed by atoms with Crippen molar-refractivity contribution < 1.29 is 38.1 Å². The lowest BCUT2D eigenvalue weighted by atomic mass is 9.98. The lowest BCUT2D eigenvalue weighted by molar-refractivity contribution is -0.146. The molecule has 0 amide bonds. The number of esters is 4. The van der Waals surface area contributed by atoms with E-state index in [-0.39, 0.29) is 12.3 Å². The van der Waals surface area contributed by atoms with E-state index in [4.69, 9.17) is 4.74 Å². The summed E-state index contributed by atoms with van der Waals surface area (Å²) in [4.78, 5) is 47.8. The summed E-state index contributed by atoms with van der Waals surface area (Å²) in [7, 11) is 3.22. The minimum Gasteiger partial charge on any atom is -0.466 e. The van der Waals surface area contributed by atoms with Crippen molar-refractivity contribution in [2.75, 3.05) is 27.9 Å². The van der Waals surface area contributed by atoms with Gasteiger partial charge in [0.25, 0.3) is 0 Å². The van der Waals surface area contributed by atoms with E-state index in [9.17, 15) is 19.2 Å². The summed E-state index contributed by atoms with van der Waals surface area (Å²) in [5.41, 5.74) is -1.98. The molecule has 1 fully saturated rings. The predicted molar refractivity (Wildman–Crippen MR) is 79.3 cm³/mol. The smallest absolute Gasteiger partial charge is 0.355 e. The van der Waals surface area contributed by atoms with Gasteiger partial charge < -0.3 is 24.3 Å². The van der Waals surface area contributed by atoms with Crippen LogP contribution in [-0.4, -0.2) is 57.4 Å². The van der Waals surface area contributed by atoms with Crippen molar-refractivity contribution in [1.29, 1.82) is 0 Å². The van der Waals surface area contributed by atoms with Gasteiger partial charge in [-0.25, -0.2) is 19.2 Å². The van der Waals surface area contributed by atoms with Crippen LogP contribution in [0, 0.1) is 0 Å². The molecule has 9 heteroatoms. The quantitative estimate of drug-likeness (QED) is 0.414. The van der Waals surface area contributed by atoms with E-state index in [0.29, 0.717) is 0 Å². The molecular weight excluding hydrogens is 322 g/mol.